The minimum Gasteiger partial charge on any atom is -0.265 e. The number of rotatable bonds is 4. The molecule has 28 heavy (non-hydrogen) atoms. The van der Waals surface area contributed by atoms with E-state index in [1.165, 1.54) is 0 Å². The van der Waals surface area contributed by atoms with Crippen molar-refractivity contribution < 1.29 is 8.42 Å². The summed E-state index contributed by atoms with van der Waals surface area (Å²) < 4.78 is 28.7. The predicted molar refractivity (Wildman–Crippen MR) is 113 cm³/mol. The van der Waals surface area contributed by atoms with E-state index in [0.717, 1.165) is 28.0 Å². The smallest absolute Gasteiger partial charge is 0.264 e. The Morgan fingerprint density at radius 3 is 1.96 bits per heavy atom. The number of hydrogen-bond donors (Lipinski definition) is 0. The van der Waals surface area contributed by atoms with E-state index in [0.29, 0.717) is 11.4 Å². The van der Waals surface area contributed by atoms with Crippen LogP contribution >= 0.6 is 0 Å². The Morgan fingerprint density at radius 2 is 1.36 bits per heavy atom. The fourth-order valence-corrected chi connectivity index (χ4v) is 5.39. The first-order valence-electron chi connectivity index (χ1n) is 9.39. The quantitative estimate of drug-likeness (QED) is 0.614. The fourth-order valence-electron chi connectivity index (χ4n) is 3.82. The van der Waals surface area contributed by atoms with Crippen LogP contribution in [0.15, 0.2) is 95.4 Å². The maximum absolute atomic E-state index is 13.5. The Balaban J connectivity index is 1.85. The highest BCUT2D eigenvalue weighted by Gasteiger charge is 2.38. The van der Waals surface area contributed by atoms with Crippen LogP contribution in [0.3, 0.4) is 0 Å². The highest BCUT2D eigenvalue weighted by molar-refractivity contribution is 7.89. The Hall–Kier alpha value is -2.85. The number of sulfonamides is 1. The van der Waals surface area contributed by atoms with Crippen LogP contribution in [0.25, 0.3) is 5.70 Å². The normalized spacial score (nSPS) is 17.2. The van der Waals surface area contributed by atoms with E-state index in [4.69, 9.17) is 0 Å². The lowest BCUT2D eigenvalue weighted by Gasteiger charge is -2.23. The van der Waals surface area contributed by atoms with E-state index < -0.39 is 10.0 Å². The molecular weight excluding hydrogens is 366 g/mol. The van der Waals surface area contributed by atoms with E-state index in [2.05, 4.69) is 12.1 Å². The van der Waals surface area contributed by atoms with Gasteiger partial charge >= 0.3 is 0 Å². The average molecular weight is 390 g/mol. The van der Waals surface area contributed by atoms with E-state index >= 15 is 0 Å². The fraction of sp³-hybridized carbons (Fsp3) is 0.167. The molecule has 0 saturated heterocycles. The van der Waals surface area contributed by atoms with Crippen LogP contribution in [0.5, 0.6) is 0 Å². The van der Waals surface area contributed by atoms with Gasteiger partial charge in [0.15, 0.2) is 0 Å². The van der Waals surface area contributed by atoms with Crippen molar-refractivity contribution in [1.29, 1.82) is 0 Å². The molecule has 0 amide bonds. The molecule has 1 aliphatic heterocycles. The number of benzene rings is 3. The maximum Gasteiger partial charge on any atom is 0.264 e. The lowest BCUT2D eigenvalue weighted by molar-refractivity contribution is 0.514. The van der Waals surface area contributed by atoms with Crippen LogP contribution in [-0.4, -0.2) is 19.3 Å². The lowest BCUT2D eigenvalue weighted by atomic mass is 9.93. The zero-order valence-corrected chi connectivity index (χ0v) is 16.9. The summed E-state index contributed by atoms with van der Waals surface area (Å²) >= 11 is 0. The van der Waals surface area contributed by atoms with Gasteiger partial charge in [0.2, 0.25) is 0 Å². The molecule has 3 aromatic carbocycles. The van der Waals surface area contributed by atoms with Gasteiger partial charge in [0, 0.05) is 12.5 Å². The topological polar surface area (TPSA) is 37.4 Å². The van der Waals surface area contributed by atoms with E-state index in [1.807, 2.05) is 74.5 Å². The van der Waals surface area contributed by atoms with Gasteiger partial charge in [-0.25, -0.2) is 8.42 Å². The second-order valence-electron chi connectivity index (χ2n) is 7.21. The second kappa shape index (κ2) is 7.28. The van der Waals surface area contributed by atoms with E-state index in [-0.39, 0.29) is 5.92 Å². The molecule has 1 heterocycles. The van der Waals surface area contributed by atoms with Crippen molar-refractivity contribution in [3.63, 3.8) is 0 Å². The lowest BCUT2D eigenvalue weighted by Crippen LogP contribution is -2.28. The molecule has 0 aromatic heterocycles. The van der Waals surface area contributed by atoms with Crippen LogP contribution in [0, 0.1) is 6.92 Å². The largest absolute Gasteiger partial charge is 0.265 e. The van der Waals surface area contributed by atoms with Crippen LogP contribution < -0.4 is 0 Å². The molecule has 4 heteroatoms. The zero-order chi connectivity index (χ0) is 19.7. The molecule has 0 fully saturated rings. The third-order valence-electron chi connectivity index (χ3n) is 5.35. The van der Waals surface area contributed by atoms with Gasteiger partial charge in [-0.3, -0.25) is 4.31 Å². The summed E-state index contributed by atoms with van der Waals surface area (Å²) in [6.07, 6.45) is 0. The van der Waals surface area contributed by atoms with Crippen molar-refractivity contribution in [2.75, 3.05) is 6.54 Å². The minimum absolute atomic E-state index is 0.0385. The van der Waals surface area contributed by atoms with Gasteiger partial charge in [-0.2, -0.15) is 0 Å². The molecule has 4 rings (SSSR count). The standard InChI is InChI=1S/C24H23NO2S/c1-18-13-15-22(16-14-18)28(26,27)25-17-23(20-9-5-3-6-10-20)19(2)24(25)21-11-7-4-8-12-21/h3-16,23H,17H2,1-2H3. The summed E-state index contributed by atoms with van der Waals surface area (Å²) in [4.78, 5) is 0.327. The van der Waals surface area contributed by atoms with Crippen LogP contribution in [0.1, 0.15) is 29.5 Å². The van der Waals surface area contributed by atoms with E-state index in [1.54, 1.807) is 16.4 Å². The zero-order valence-electron chi connectivity index (χ0n) is 16.0. The number of aryl methyl sites for hydroxylation is 1. The summed E-state index contributed by atoms with van der Waals surface area (Å²) in [6, 6.07) is 27.0. The average Bonchev–Trinajstić information content (AvgIpc) is 3.07. The highest BCUT2D eigenvalue weighted by atomic mass is 32.2. The first-order valence-corrected chi connectivity index (χ1v) is 10.8. The maximum atomic E-state index is 13.5. The van der Waals surface area contributed by atoms with Crippen molar-refractivity contribution in [3.8, 4) is 0 Å². The molecule has 142 valence electrons. The number of hydrogen-bond acceptors (Lipinski definition) is 2. The van der Waals surface area contributed by atoms with Gasteiger partial charge < -0.3 is 0 Å². The number of nitrogens with zero attached hydrogens (tertiary/aromatic N) is 1. The van der Waals surface area contributed by atoms with Gasteiger partial charge in [0.25, 0.3) is 10.0 Å². The Kier molecular flexibility index (Phi) is 4.82. The molecule has 1 unspecified atom stereocenters. The predicted octanol–water partition coefficient (Wildman–Crippen LogP) is 5.21. The van der Waals surface area contributed by atoms with Crippen LogP contribution in [0.2, 0.25) is 0 Å². The third kappa shape index (κ3) is 3.25. The molecule has 0 spiro atoms. The minimum atomic E-state index is -3.65. The Morgan fingerprint density at radius 1 is 0.786 bits per heavy atom. The summed E-state index contributed by atoms with van der Waals surface area (Å²) in [5.41, 5.74) is 4.96. The molecule has 0 aliphatic carbocycles. The summed E-state index contributed by atoms with van der Waals surface area (Å²) in [5.74, 6) is 0.0385. The Bertz CT molecular complexity index is 1100. The summed E-state index contributed by atoms with van der Waals surface area (Å²) in [7, 11) is -3.65. The van der Waals surface area contributed by atoms with Crippen molar-refractivity contribution in [2.45, 2.75) is 24.7 Å². The molecule has 1 atom stereocenters. The molecule has 3 aromatic rings. The molecule has 3 nitrogen and oxygen atoms in total. The van der Waals surface area contributed by atoms with Gasteiger partial charge in [-0.05, 0) is 42.7 Å². The van der Waals surface area contributed by atoms with Gasteiger partial charge in [-0.15, -0.1) is 0 Å². The third-order valence-corrected chi connectivity index (χ3v) is 7.13. The molecule has 0 saturated carbocycles. The van der Waals surface area contributed by atoms with Crippen molar-refractivity contribution in [3.05, 3.63) is 107 Å². The monoisotopic (exact) mass is 389 g/mol. The van der Waals surface area contributed by atoms with E-state index in [9.17, 15) is 8.42 Å². The van der Waals surface area contributed by atoms with Crippen LogP contribution in [0.4, 0.5) is 0 Å². The highest BCUT2D eigenvalue weighted by Crippen LogP contribution is 2.43. The SMILES string of the molecule is CC1=C(c2ccccc2)N(S(=O)(=O)c2ccc(C)cc2)CC1c1ccccc1. The summed E-state index contributed by atoms with van der Waals surface area (Å²) in [5, 5.41) is 0. The van der Waals surface area contributed by atoms with Crippen LogP contribution in [-0.2, 0) is 10.0 Å². The van der Waals surface area contributed by atoms with Crippen molar-refractivity contribution in [2.24, 2.45) is 0 Å². The molecular formula is C24H23NO2S. The molecule has 1 aliphatic rings. The first kappa shape index (κ1) is 18.5. The van der Waals surface area contributed by atoms with Gasteiger partial charge in [0.1, 0.15) is 0 Å². The van der Waals surface area contributed by atoms with Gasteiger partial charge in [-0.1, -0.05) is 78.4 Å². The van der Waals surface area contributed by atoms with Gasteiger partial charge in [0.05, 0.1) is 10.6 Å². The first-order chi connectivity index (χ1) is 13.5. The van der Waals surface area contributed by atoms with Crippen molar-refractivity contribution >= 4 is 15.7 Å². The Labute approximate surface area is 167 Å². The summed E-state index contributed by atoms with van der Waals surface area (Å²) in [6.45, 7) is 4.41. The molecule has 0 bridgehead atoms. The van der Waals surface area contributed by atoms with Crippen molar-refractivity contribution in [1.82, 2.24) is 4.31 Å². The molecule has 0 radical (unpaired) electrons. The second-order valence-corrected chi connectivity index (χ2v) is 9.07. The molecule has 0 N–H and O–H groups in total.